The van der Waals surface area contributed by atoms with Crippen LogP contribution in [-0.4, -0.2) is 26.2 Å². The fourth-order valence-electron chi connectivity index (χ4n) is 12.6. The number of hydrogen-bond acceptors (Lipinski definition) is 3. The van der Waals surface area contributed by atoms with Crippen molar-refractivity contribution in [1.29, 1.82) is 0 Å². The molecule has 222 valence electrons. The summed E-state index contributed by atoms with van der Waals surface area (Å²) in [6.45, 7) is 13.4. The Hall–Kier alpha value is -1.55. The predicted molar refractivity (Wildman–Crippen MR) is 161 cm³/mol. The zero-order valence-electron chi connectivity index (χ0n) is 26.4. The van der Waals surface area contributed by atoms with E-state index in [9.17, 15) is 4.79 Å². The van der Waals surface area contributed by atoms with Gasteiger partial charge in [-0.25, -0.2) is 0 Å². The van der Waals surface area contributed by atoms with Crippen molar-refractivity contribution in [2.24, 2.45) is 57.2 Å². The Morgan fingerprint density at radius 3 is 2.35 bits per heavy atom. The Morgan fingerprint density at radius 2 is 1.60 bits per heavy atom. The van der Waals surface area contributed by atoms with Gasteiger partial charge in [0.05, 0.1) is 18.6 Å². The highest BCUT2D eigenvalue weighted by Crippen LogP contribution is 2.73. The van der Waals surface area contributed by atoms with Gasteiger partial charge in [0.15, 0.2) is 0 Å². The highest BCUT2D eigenvalue weighted by molar-refractivity contribution is 5.83. The topological polar surface area (TPSA) is 47.6 Å². The Bertz CT molecular complexity index is 1120. The number of amides is 1. The molecule has 10 unspecified atom stereocenters. The van der Waals surface area contributed by atoms with Crippen LogP contribution in [0.1, 0.15) is 104 Å². The number of benzene rings is 1. The van der Waals surface area contributed by atoms with Crippen LogP contribution in [0.15, 0.2) is 24.3 Å². The van der Waals surface area contributed by atoms with Gasteiger partial charge in [-0.05, 0) is 122 Å². The first kappa shape index (κ1) is 28.6. The number of fused-ring (bicyclic) bond motifs is 7. The van der Waals surface area contributed by atoms with Gasteiger partial charge < -0.3 is 14.8 Å². The lowest BCUT2D eigenvalue weighted by Gasteiger charge is -2.69. The van der Waals surface area contributed by atoms with E-state index in [1.165, 1.54) is 51.4 Å². The molecule has 5 fully saturated rings. The van der Waals surface area contributed by atoms with Crippen LogP contribution in [-0.2, 0) is 16.1 Å². The second kappa shape index (κ2) is 10.0. The average molecular weight is 550 g/mol. The first-order chi connectivity index (χ1) is 19.0. The van der Waals surface area contributed by atoms with Crippen LogP contribution < -0.4 is 10.1 Å². The summed E-state index contributed by atoms with van der Waals surface area (Å²) in [5.41, 5.74) is 1.91. The molecule has 1 amide bonds. The van der Waals surface area contributed by atoms with Gasteiger partial charge in [-0.1, -0.05) is 52.8 Å². The molecule has 0 radical (unpaired) electrons. The van der Waals surface area contributed by atoms with E-state index in [0.717, 1.165) is 41.9 Å². The maximum absolute atomic E-state index is 14.2. The largest absolute Gasteiger partial charge is 0.496 e. The van der Waals surface area contributed by atoms with Crippen LogP contribution in [0.25, 0.3) is 0 Å². The third-order valence-electron chi connectivity index (χ3n) is 14.2. The quantitative estimate of drug-likeness (QED) is 0.404. The van der Waals surface area contributed by atoms with Crippen LogP contribution in [0.3, 0.4) is 0 Å². The van der Waals surface area contributed by atoms with Crippen LogP contribution in [0, 0.1) is 57.2 Å². The number of hydrogen-bond donors (Lipinski definition) is 1. The molecule has 0 aromatic heterocycles. The maximum atomic E-state index is 14.2. The summed E-state index contributed by atoms with van der Waals surface area (Å²) in [6.07, 6.45) is 12.8. The second-order valence-corrected chi connectivity index (χ2v) is 15.8. The van der Waals surface area contributed by atoms with E-state index in [-0.39, 0.29) is 10.8 Å². The molecule has 5 aliphatic rings. The summed E-state index contributed by atoms with van der Waals surface area (Å²) in [6, 6.07) is 8.09. The van der Waals surface area contributed by atoms with Gasteiger partial charge in [-0.15, -0.1) is 0 Å². The summed E-state index contributed by atoms with van der Waals surface area (Å²) in [5.74, 6) is 5.30. The maximum Gasteiger partial charge on any atom is 0.226 e. The van der Waals surface area contributed by atoms with E-state index in [0.29, 0.717) is 47.1 Å². The Balaban J connectivity index is 1.25. The summed E-state index contributed by atoms with van der Waals surface area (Å²) in [4.78, 5) is 14.2. The highest BCUT2D eigenvalue weighted by Gasteiger charge is 2.67. The summed E-state index contributed by atoms with van der Waals surface area (Å²) in [5, 5.41) is 3.42. The molecule has 4 nitrogen and oxygen atoms in total. The Morgan fingerprint density at radius 1 is 0.875 bits per heavy atom. The Labute approximate surface area is 243 Å². The van der Waals surface area contributed by atoms with Crippen molar-refractivity contribution in [2.75, 3.05) is 14.2 Å². The zero-order valence-corrected chi connectivity index (χ0v) is 26.4. The molecule has 5 aliphatic carbocycles. The molecule has 10 atom stereocenters. The standard InChI is InChI=1S/C36H55NO3/c1-23-14-20-36(32(38)37-22-24-10-8-9-11-27(24)39-6)21-15-26-25(31(23)36)12-13-29-34(26,4)18-16-28-33(2,3)30(40-7)17-19-35(28,29)5/h8-11,23,25-26,28-31H,12-22H2,1-7H3,(H,37,38). The minimum Gasteiger partial charge on any atom is -0.496 e. The van der Waals surface area contributed by atoms with Crippen LogP contribution >= 0.6 is 0 Å². The lowest BCUT2D eigenvalue weighted by atomic mass is 9.36. The van der Waals surface area contributed by atoms with Crippen molar-refractivity contribution in [3.8, 4) is 5.75 Å². The molecule has 0 aliphatic heterocycles. The van der Waals surface area contributed by atoms with Crippen molar-refractivity contribution in [2.45, 2.75) is 111 Å². The zero-order chi connectivity index (χ0) is 28.5. The average Bonchev–Trinajstić information content (AvgIpc) is 3.29. The molecule has 1 N–H and O–H groups in total. The lowest BCUT2D eigenvalue weighted by Crippen LogP contribution is -2.64. The lowest BCUT2D eigenvalue weighted by molar-refractivity contribution is -0.219. The van der Waals surface area contributed by atoms with Crippen molar-refractivity contribution in [3.05, 3.63) is 29.8 Å². The third-order valence-corrected chi connectivity index (χ3v) is 14.2. The molecule has 40 heavy (non-hydrogen) atoms. The minimum atomic E-state index is -0.189. The Kier molecular flexibility index (Phi) is 7.16. The van der Waals surface area contributed by atoms with Gasteiger partial charge in [0.1, 0.15) is 5.75 Å². The van der Waals surface area contributed by atoms with Crippen LogP contribution in [0.4, 0.5) is 0 Å². The van der Waals surface area contributed by atoms with E-state index in [1.807, 2.05) is 25.3 Å². The van der Waals surface area contributed by atoms with Gasteiger partial charge in [0.25, 0.3) is 0 Å². The molecule has 0 heterocycles. The normalized spacial score (nSPS) is 45.4. The fraction of sp³-hybridized carbons (Fsp3) is 0.806. The molecular weight excluding hydrogens is 494 g/mol. The van der Waals surface area contributed by atoms with Gasteiger partial charge in [0, 0.05) is 19.2 Å². The van der Waals surface area contributed by atoms with Gasteiger partial charge in [0.2, 0.25) is 5.91 Å². The van der Waals surface area contributed by atoms with Gasteiger partial charge in [-0.2, -0.15) is 0 Å². The highest BCUT2D eigenvalue weighted by atomic mass is 16.5. The molecule has 6 rings (SSSR count). The van der Waals surface area contributed by atoms with E-state index in [2.05, 4.69) is 46.0 Å². The summed E-state index contributed by atoms with van der Waals surface area (Å²) in [7, 11) is 3.64. The number of carbonyl (C=O) groups excluding carboxylic acids is 1. The third kappa shape index (κ3) is 3.97. The van der Waals surface area contributed by atoms with Crippen LogP contribution in [0.2, 0.25) is 0 Å². The molecule has 0 saturated heterocycles. The number of ether oxygens (including phenoxy) is 2. The number of para-hydroxylation sites is 1. The van der Waals surface area contributed by atoms with Crippen molar-refractivity contribution < 1.29 is 14.3 Å². The van der Waals surface area contributed by atoms with Crippen molar-refractivity contribution in [3.63, 3.8) is 0 Å². The number of carbonyl (C=O) groups is 1. The monoisotopic (exact) mass is 549 g/mol. The summed E-state index contributed by atoms with van der Waals surface area (Å²) >= 11 is 0. The van der Waals surface area contributed by atoms with E-state index < -0.39 is 0 Å². The second-order valence-electron chi connectivity index (χ2n) is 15.8. The molecule has 0 spiro atoms. The van der Waals surface area contributed by atoms with E-state index in [4.69, 9.17) is 9.47 Å². The fourth-order valence-corrected chi connectivity index (χ4v) is 12.6. The molecule has 5 saturated carbocycles. The van der Waals surface area contributed by atoms with Crippen molar-refractivity contribution in [1.82, 2.24) is 5.32 Å². The first-order valence-electron chi connectivity index (χ1n) is 16.5. The van der Waals surface area contributed by atoms with E-state index in [1.54, 1.807) is 7.11 Å². The number of methoxy groups -OCH3 is 2. The summed E-state index contributed by atoms with van der Waals surface area (Å²) < 4.78 is 11.6. The smallest absolute Gasteiger partial charge is 0.226 e. The number of rotatable bonds is 5. The molecule has 1 aromatic carbocycles. The minimum absolute atomic E-state index is 0.189. The SMILES string of the molecule is COc1ccccc1CNC(=O)C12CCC(C)C1C1CCC3C(C)(CCC4C(C)(C)C(OC)CCC43C)C1CC2. The number of nitrogens with one attached hydrogen (secondary N) is 1. The molecular formula is C36H55NO3. The van der Waals surface area contributed by atoms with Gasteiger partial charge in [-0.3, -0.25) is 4.79 Å². The van der Waals surface area contributed by atoms with Crippen LogP contribution in [0.5, 0.6) is 5.75 Å². The molecule has 4 heteroatoms. The van der Waals surface area contributed by atoms with E-state index >= 15 is 0 Å². The first-order valence-corrected chi connectivity index (χ1v) is 16.5. The molecule has 0 bridgehead atoms. The van der Waals surface area contributed by atoms with Crippen molar-refractivity contribution >= 4 is 5.91 Å². The van der Waals surface area contributed by atoms with Gasteiger partial charge >= 0.3 is 0 Å². The molecule has 1 aromatic rings. The predicted octanol–water partition coefficient (Wildman–Crippen LogP) is 8.04.